The van der Waals surface area contributed by atoms with Gasteiger partial charge in [-0.05, 0) is 44.7 Å². The number of anilines is 1. The van der Waals surface area contributed by atoms with E-state index < -0.39 is 0 Å². The average Bonchev–Trinajstić information content (AvgIpc) is 2.73. The number of fused-ring (bicyclic) bond motifs is 1. The van der Waals surface area contributed by atoms with Gasteiger partial charge in [-0.15, -0.1) is 4.98 Å². The Bertz CT molecular complexity index is 989. The summed E-state index contributed by atoms with van der Waals surface area (Å²) in [6, 6.07) is 5.84. The van der Waals surface area contributed by atoms with E-state index in [-0.39, 0.29) is 11.6 Å². The van der Waals surface area contributed by atoms with E-state index in [0.29, 0.717) is 17.8 Å². The summed E-state index contributed by atoms with van der Waals surface area (Å²) in [6.45, 7) is 16.5. The quantitative estimate of drug-likeness (QED) is 0.748. The summed E-state index contributed by atoms with van der Waals surface area (Å²) in [6.07, 6.45) is 2.29. The Morgan fingerprint density at radius 2 is 1.97 bits per heavy atom. The highest BCUT2D eigenvalue weighted by atomic mass is 16.5. The van der Waals surface area contributed by atoms with Gasteiger partial charge in [-0.2, -0.15) is 0 Å². The summed E-state index contributed by atoms with van der Waals surface area (Å²) in [5, 5.41) is 0. The molecule has 0 unspecified atom stereocenters. The molecule has 4 rings (SSSR count). The fourth-order valence-electron chi connectivity index (χ4n) is 4.63. The molecule has 7 nitrogen and oxygen atoms in total. The summed E-state index contributed by atoms with van der Waals surface area (Å²) in [5.74, 6) is 1.06. The topological polar surface area (TPSA) is 55.0 Å². The van der Waals surface area contributed by atoms with Gasteiger partial charge in [0.25, 0.3) is 11.4 Å². The van der Waals surface area contributed by atoms with Crippen LogP contribution in [-0.2, 0) is 11.8 Å². The maximum Gasteiger partial charge on any atom is 0.270 e. The zero-order chi connectivity index (χ0) is 20.5. The van der Waals surface area contributed by atoms with Crippen molar-refractivity contribution in [2.75, 3.05) is 37.7 Å². The molecule has 2 atom stereocenters. The summed E-state index contributed by atoms with van der Waals surface area (Å²) in [4.78, 5) is 25.5. The SMILES string of the molecule is [C-]#[N+]c1ccc2c(n1)c(N1C[C@@H](C)N(CC3CCOCC3)C[C@@H]1C)cc(=O)n2C. The Morgan fingerprint density at radius 1 is 1.21 bits per heavy atom. The Balaban J connectivity index is 1.63. The van der Waals surface area contributed by atoms with Gasteiger partial charge < -0.3 is 19.0 Å². The van der Waals surface area contributed by atoms with E-state index in [4.69, 9.17) is 11.3 Å². The first-order chi connectivity index (χ1) is 14.0. The minimum Gasteiger partial charge on any atom is -0.381 e. The molecule has 154 valence electrons. The zero-order valence-electron chi connectivity index (χ0n) is 17.5. The molecular weight excluding hydrogens is 366 g/mol. The normalized spacial score (nSPS) is 24.0. The molecule has 2 aromatic rings. The lowest BCUT2D eigenvalue weighted by molar-refractivity contribution is 0.0419. The van der Waals surface area contributed by atoms with E-state index in [1.54, 1.807) is 23.7 Å². The molecule has 0 saturated carbocycles. The number of aryl methyl sites for hydroxylation is 1. The Kier molecular flexibility index (Phi) is 5.57. The second kappa shape index (κ2) is 8.13. The molecule has 2 aromatic heterocycles. The molecule has 2 fully saturated rings. The van der Waals surface area contributed by atoms with E-state index in [1.807, 2.05) is 6.07 Å². The first-order valence-corrected chi connectivity index (χ1v) is 10.4. The third-order valence-corrected chi connectivity index (χ3v) is 6.43. The summed E-state index contributed by atoms with van der Waals surface area (Å²) < 4.78 is 7.11. The second-order valence-corrected chi connectivity index (χ2v) is 8.44. The molecule has 2 saturated heterocycles. The molecule has 0 spiro atoms. The number of ether oxygens (including phenoxy) is 1. The van der Waals surface area contributed by atoms with Crippen molar-refractivity contribution in [2.45, 2.75) is 38.8 Å². The van der Waals surface area contributed by atoms with E-state index in [9.17, 15) is 4.79 Å². The molecule has 0 aromatic carbocycles. The Labute approximate surface area is 171 Å². The van der Waals surface area contributed by atoms with Crippen molar-refractivity contribution in [2.24, 2.45) is 13.0 Å². The lowest BCUT2D eigenvalue weighted by Crippen LogP contribution is -2.57. The van der Waals surface area contributed by atoms with Crippen LogP contribution in [0.25, 0.3) is 15.9 Å². The van der Waals surface area contributed by atoms with Gasteiger partial charge in [-0.3, -0.25) is 9.69 Å². The van der Waals surface area contributed by atoms with Crippen molar-refractivity contribution in [3.8, 4) is 0 Å². The van der Waals surface area contributed by atoms with Crippen LogP contribution in [0.1, 0.15) is 26.7 Å². The number of hydrogen-bond acceptors (Lipinski definition) is 5. The summed E-state index contributed by atoms with van der Waals surface area (Å²) in [7, 11) is 1.76. The molecule has 29 heavy (non-hydrogen) atoms. The molecular formula is C22H29N5O2. The van der Waals surface area contributed by atoms with Gasteiger partial charge in [0.05, 0.1) is 11.2 Å². The van der Waals surface area contributed by atoms with Crippen LogP contribution in [0.5, 0.6) is 0 Å². The monoisotopic (exact) mass is 395 g/mol. The van der Waals surface area contributed by atoms with Crippen molar-refractivity contribution >= 4 is 22.5 Å². The van der Waals surface area contributed by atoms with Crippen LogP contribution in [-0.4, -0.2) is 59.4 Å². The van der Waals surface area contributed by atoms with Gasteiger partial charge in [-0.25, -0.2) is 0 Å². The van der Waals surface area contributed by atoms with Gasteiger partial charge in [-0.1, -0.05) is 6.57 Å². The number of rotatable bonds is 3. The standard InChI is InChI=1S/C22H29N5O2/c1-15-13-27(16(2)12-26(15)14-17-7-9-29-10-8-17)19-11-21(28)25(4)18-5-6-20(23-3)24-22(18)19/h5-6,11,15-17H,7-10,12-14H2,1-2,4H3/t15-,16+/m1/s1. The van der Waals surface area contributed by atoms with Gasteiger partial charge in [0, 0.05) is 58.0 Å². The van der Waals surface area contributed by atoms with Crippen LogP contribution in [0.4, 0.5) is 11.5 Å². The van der Waals surface area contributed by atoms with Crippen molar-refractivity contribution < 1.29 is 4.74 Å². The first-order valence-electron chi connectivity index (χ1n) is 10.4. The maximum atomic E-state index is 12.6. The van der Waals surface area contributed by atoms with E-state index >= 15 is 0 Å². The minimum atomic E-state index is -0.0469. The number of piperazine rings is 1. The van der Waals surface area contributed by atoms with E-state index in [1.165, 1.54) is 0 Å². The Morgan fingerprint density at radius 3 is 2.69 bits per heavy atom. The summed E-state index contributed by atoms with van der Waals surface area (Å²) in [5.41, 5.74) is 2.30. The van der Waals surface area contributed by atoms with Gasteiger partial charge >= 0.3 is 0 Å². The average molecular weight is 396 g/mol. The fraction of sp³-hybridized carbons (Fsp3) is 0.591. The number of hydrogen-bond donors (Lipinski definition) is 0. The molecule has 0 bridgehead atoms. The first kappa shape index (κ1) is 19.9. The van der Waals surface area contributed by atoms with Crippen LogP contribution < -0.4 is 10.5 Å². The molecule has 2 aliphatic heterocycles. The lowest BCUT2D eigenvalue weighted by atomic mass is 9.97. The third kappa shape index (κ3) is 3.87. The highest BCUT2D eigenvalue weighted by molar-refractivity contribution is 5.89. The fourth-order valence-corrected chi connectivity index (χ4v) is 4.63. The lowest BCUT2D eigenvalue weighted by Gasteiger charge is -2.46. The second-order valence-electron chi connectivity index (χ2n) is 8.44. The zero-order valence-corrected chi connectivity index (χ0v) is 17.5. The molecule has 0 amide bonds. The van der Waals surface area contributed by atoms with Crippen molar-refractivity contribution in [1.29, 1.82) is 0 Å². The maximum absolute atomic E-state index is 12.6. The molecule has 7 heteroatoms. The van der Waals surface area contributed by atoms with Crippen molar-refractivity contribution in [1.82, 2.24) is 14.5 Å². The molecule has 2 aliphatic rings. The largest absolute Gasteiger partial charge is 0.381 e. The van der Waals surface area contributed by atoms with E-state index in [0.717, 1.165) is 62.4 Å². The number of nitrogens with zero attached hydrogens (tertiary/aromatic N) is 5. The van der Waals surface area contributed by atoms with Crippen LogP contribution in [0.3, 0.4) is 0 Å². The van der Waals surface area contributed by atoms with E-state index in [2.05, 4.69) is 33.5 Å². The van der Waals surface area contributed by atoms with Crippen molar-refractivity contribution in [3.63, 3.8) is 0 Å². The van der Waals surface area contributed by atoms with Crippen LogP contribution in [0.15, 0.2) is 23.0 Å². The van der Waals surface area contributed by atoms with Crippen molar-refractivity contribution in [3.05, 3.63) is 40.0 Å². The predicted molar refractivity (Wildman–Crippen MR) is 115 cm³/mol. The smallest absolute Gasteiger partial charge is 0.270 e. The number of aromatic nitrogens is 2. The molecule has 0 aliphatic carbocycles. The van der Waals surface area contributed by atoms with Crippen LogP contribution >= 0.6 is 0 Å². The van der Waals surface area contributed by atoms with Crippen LogP contribution in [0.2, 0.25) is 0 Å². The van der Waals surface area contributed by atoms with Crippen LogP contribution in [0, 0.1) is 12.5 Å². The highest BCUT2D eigenvalue weighted by Gasteiger charge is 2.33. The predicted octanol–water partition coefficient (Wildman–Crippen LogP) is 2.81. The Hall–Kier alpha value is -2.43. The molecule has 4 heterocycles. The molecule has 0 N–H and O–H groups in total. The van der Waals surface area contributed by atoms with Gasteiger partial charge in [0.15, 0.2) is 0 Å². The summed E-state index contributed by atoms with van der Waals surface area (Å²) >= 11 is 0. The third-order valence-electron chi connectivity index (χ3n) is 6.43. The molecule has 0 radical (unpaired) electrons. The highest BCUT2D eigenvalue weighted by Crippen LogP contribution is 2.30. The number of pyridine rings is 2. The van der Waals surface area contributed by atoms with Gasteiger partial charge in [0.1, 0.15) is 0 Å². The van der Waals surface area contributed by atoms with Gasteiger partial charge in [0.2, 0.25) is 5.52 Å². The minimum absolute atomic E-state index is 0.0469.